The number of aromatic nitrogens is 5. The summed E-state index contributed by atoms with van der Waals surface area (Å²) < 4.78 is 31.4. The van der Waals surface area contributed by atoms with Gasteiger partial charge in [0.25, 0.3) is 0 Å². The molecule has 36 heavy (non-hydrogen) atoms. The Bertz CT molecular complexity index is 1530. The van der Waals surface area contributed by atoms with Gasteiger partial charge in [-0.3, -0.25) is 4.68 Å². The van der Waals surface area contributed by atoms with Crippen LogP contribution in [0, 0.1) is 11.6 Å². The summed E-state index contributed by atoms with van der Waals surface area (Å²) in [6.45, 7) is 2.57. The van der Waals surface area contributed by atoms with Crippen LogP contribution in [0.2, 0.25) is 0 Å². The minimum atomic E-state index is -0.542. The summed E-state index contributed by atoms with van der Waals surface area (Å²) in [6.07, 6.45) is 2.78. The van der Waals surface area contributed by atoms with Gasteiger partial charge in [0.15, 0.2) is 5.82 Å². The zero-order valence-electron chi connectivity index (χ0n) is 19.3. The molecule has 0 aliphatic rings. The van der Waals surface area contributed by atoms with E-state index in [0.29, 0.717) is 29.2 Å². The van der Waals surface area contributed by atoms with Gasteiger partial charge in [-0.2, -0.15) is 0 Å². The Morgan fingerprint density at radius 2 is 2.03 bits per heavy atom. The highest BCUT2D eigenvalue weighted by Gasteiger charge is 2.17. The molecule has 5 rings (SSSR count). The molecule has 11 heteroatoms. The van der Waals surface area contributed by atoms with Crippen LogP contribution in [0.25, 0.3) is 31.8 Å². The lowest BCUT2D eigenvalue weighted by Crippen LogP contribution is -2.13. The average Bonchev–Trinajstić information content (AvgIpc) is 3.51. The van der Waals surface area contributed by atoms with Crippen LogP contribution < -0.4 is 11.1 Å². The van der Waals surface area contributed by atoms with Crippen molar-refractivity contribution < 1.29 is 13.9 Å². The fraction of sp³-hybridized carbons (Fsp3) is 0.200. The number of hydrogen-bond acceptors (Lipinski definition) is 8. The number of thiophene rings is 1. The predicted octanol–water partition coefficient (Wildman–Crippen LogP) is 4.52. The number of anilines is 1. The molecule has 2 aromatic carbocycles. The Hall–Kier alpha value is -3.80. The lowest BCUT2D eigenvalue weighted by molar-refractivity contribution is 0.276. The Morgan fingerprint density at radius 1 is 1.17 bits per heavy atom. The van der Waals surface area contributed by atoms with Gasteiger partial charge in [-0.25, -0.2) is 18.7 Å². The minimum absolute atomic E-state index is 0.176. The van der Waals surface area contributed by atoms with E-state index in [1.807, 2.05) is 31.2 Å². The molecule has 4 N–H and O–H groups in total. The smallest absolute Gasteiger partial charge is 0.223 e. The number of aliphatic hydroxyl groups excluding tert-OH is 1. The van der Waals surface area contributed by atoms with E-state index in [9.17, 15) is 8.78 Å². The SMILES string of the molecule is CC(N)c1ccc(F)cc1-c1cccc2cc(-c3nc(NCCn4cc(CO)nn4)ncc3F)sc12. The molecule has 0 bridgehead atoms. The van der Waals surface area contributed by atoms with Crippen LogP contribution in [0.1, 0.15) is 24.2 Å². The predicted molar refractivity (Wildman–Crippen MR) is 135 cm³/mol. The largest absolute Gasteiger partial charge is 0.390 e. The Labute approximate surface area is 209 Å². The van der Waals surface area contributed by atoms with Gasteiger partial charge in [-0.05, 0) is 47.2 Å². The topological polar surface area (TPSA) is 115 Å². The quantitative estimate of drug-likeness (QED) is 0.283. The molecule has 184 valence electrons. The maximum atomic E-state index is 14.8. The molecule has 3 aromatic heterocycles. The summed E-state index contributed by atoms with van der Waals surface area (Å²) in [5, 5.41) is 20.8. The summed E-state index contributed by atoms with van der Waals surface area (Å²) in [4.78, 5) is 9.07. The molecule has 0 amide bonds. The van der Waals surface area contributed by atoms with Crippen molar-refractivity contribution in [3.63, 3.8) is 0 Å². The second-order valence-electron chi connectivity index (χ2n) is 8.30. The van der Waals surface area contributed by atoms with Crippen molar-refractivity contribution in [2.75, 3.05) is 11.9 Å². The van der Waals surface area contributed by atoms with Crippen LogP contribution in [0.4, 0.5) is 14.7 Å². The highest BCUT2D eigenvalue weighted by molar-refractivity contribution is 7.22. The number of benzene rings is 2. The maximum absolute atomic E-state index is 14.8. The van der Waals surface area contributed by atoms with Gasteiger partial charge >= 0.3 is 0 Å². The summed E-state index contributed by atoms with van der Waals surface area (Å²) in [5.74, 6) is -0.616. The van der Waals surface area contributed by atoms with Crippen LogP contribution in [0.5, 0.6) is 0 Å². The molecule has 0 aliphatic heterocycles. The van der Waals surface area contributed by atoms with E-state index >= 15 is 0 Å². The van der Waals surface area contributed by atoms with Crippen LogP contribution >= 0.6 is 11.3 Å². The van der Waals surface area contributed by atoms with Gasteiger partial charge in [0.1, 0.15) is 17.2 Å². The van der Waals surface area contributed by atoms with Gasteiger partial charge in [-0.15, -0.1) is 16.4 Å². The van der Waals surface area contributed by atoms with Crippen LogP contribution in [0.3, 0.4) is 0 Å². The zero-order valence-corrected chi connectivity index (χ0v) is 20.1. The number of aliphatic hydroxyl groups is 1. The second-order valence-corrected chi connectivity index (χ2v) is 9.36. The monoisotopic (exact) mass is 507 g/mol. The molecule has 1 atom stereocenters. The van der Waals surface area contributed by atoms with Crippen LogP contribution in [-0.2, 0) is 13.2 Å². The minimum Gasteiger partial charge on any atom is -0.390 e. The molecule has 0 radical (unpaired) electrons. The fourth-order valence-electron chi connectivity index (χ4n) is 3.98. The first kappa shape index (κ1) is 23.9. The van der Waals surface area contributed by atoms with E-state index in [0.717, 1.165) is 27.4 Å². The number of halogens is 2. The number of rotatable bonds is 8. The number of hydrogen-bond donors (Lipinski definition) is 3. The molecular formula is C25H23F2N7OS. The van der Waals surface area contributed by atoms with Crippen molar-refractivity contribution in [2.45, 2.75) is 26.1 Å². The number of nitrogens with zero attached hydrogens (tertiary/aromatic N) is 5. The van der Waals surface area contributed by atoms with Crippen molar-refractivity contribution in [3.8, 4) is 21.7 Å². The Kier molecular flexibility index (Phi) is 6.68. The van der Waals surface area contributed by atoms with Gasteiger partial charge in [0.05, 0.1) is 30.4 Å². The van der Waals surface area contributed by atoms with E-state index < -0.39 is 5.82 Å². The molecule has 8 nitrogen and oxygen atoms in total. The van der Waals surface area contributed by atoms with Crippen molar-refractivity contribution in [2.24, 2.45) is 5.73 Å². The lowest BCUT2D eigenvalue weighted by Gasteiger charge is -2.14. The summed E-state index contributed by atoms with van der Waals surface area (Å²) >= 11 is 1.38. The third-order valence-electron chi connectivity index (χ3n) is 5.69. The van der Waals surface area contributed by atoms with E-state index in [2.05, 4.69) is 25.6 Å². The average molecular weight is 508 g/mol. The Balaban J connectivity index is 1.46. The van der Waals surface area contributed by atoms with E-state index in [-0.39, 0.29) is 30.1 Å². The van der Waals surface area contributed by atoms with Crippen molar-refractivity contribution in [1.29, 1.82) is 0 Å². The standard InChI is InChI=1S/C25H23F2N7OS/c1-14(28)18-6-5-16(26)10-20(18)19-4-2-3-15-9-22(36-24(15)19)23-21(27)11-30-25(31-23)29-7-8-34-12-17(13-35)32-33-34/h2-6,9-12,14,35H,7-8,13,28H2,1H3,(H,29,30,31). The molecule has 0 saturated carbocycles. The molecule has 0 fully saturated rings. The normalized spacial score (nSPS) is 12.2. The van der Waals surface area contributed by atoms with Gasteiger partial charge < -0.3 is 16.2 Å². The van der Waals surface area contributed by atoms with Crippen LogP contribution in [0.15, 0.2) is 54.9 Å². The van der Waals surface area contributed by atoms with Crippen molar-refractivity contribution in [3.05, 3.63) is 77.8 Å². The molecule has 3 heterocycles. The van der Waals surface area contributed by atoms with Gasteiger partial charge in [-0.1, -0.05) is 29.5 Å². The maximum Gasteiger partial charge on any atom is 0.223 e. The zero-order chi connectivity index (χ0) is 25.2. The molecule has 0 spiro atoms. The summed E-state index contributed by atoms with van der Waals surface area (Å²) in [7, 11) is 0. The van der Waals surface area contributed by atoms with E-state index in [1.54, 1.807) is 16.9 Å². The summed E-state index contributed by atoms with van der Waals surface area (Å²) in [5.41, 5.74) is 9.18. The fourth-order valence-corrected chi connectivity index (χ4v) is 5.16. The van der Waals surface area contributed by atoms with Crippen LogP contribution in [-0.4, -0.2) is 36.6 Å². The van der Waals surface area contributed by atoms with E-state index in [4.69, 9.17) is 10.8 Å². The number of fused-ring (bicyclic) bond motifs is 1. The van der Waals surface area contributed by atoms with E-state index in [1.165, 1.54) is 23.5 Å². The lowest BCUT2D eigenvalue weighted by atomic mass is 9.95. The first-order chi connectivity index (χ1) is 17.4. The summed E-state index contributed by atoms with van der Waals surface area (Å²) in [6, 6.07) is 11.9. The number of nitrogens with one attached hydrogen (secondary N) is 1. The third kappa shape index (κ3) is 4.81. The van der Waals surface area contributed by atoms with Gasteiger partial charge in [0.2, 0.25) is 5.95 Å². The van der Waals surface area contributed by atoms with Gasteiger partial charge in [0, 0.05) is 17.3 Å². The van der Waals surface area contributed by atoms with Crippen molar-refractivity contribution in [1.82, 2.24) is 25.0 Å². The highest BCUT2D eigenvalue weighted by Crippen LogP contribution is 2.41. The third-order valence-corrected chi connectivity index (χ3v) is 6.88. The molecule has 1 unspecified atom stereocenters. The Morgan fingerprint density at radius 3 is 2.81 bits per heavy atom. The first-order valence-corrected chi connectivity index (χ1v) is 12.1. The first-order valence-electron chi connectivity index (χ1n) is 11.3. The molecule has 5 aromatic rings. The van der Waals surface area contributed by atoms with Crippen molar-refractivity contribution >= 4 is 27.4 Å². The highest BCUT2D eigenvalue weighted by atomic mass is 32.1. The molecular weight excluding hydrogens is 484 g/mol. The molecule has 0 aliphatic carbocycles. The number of nitrogens with two attached hydrogens (primary N) is 1. The molecule has 0 saturated heterocycles. The second kappa shape index (κ2) is 10.1.